The molecule has 0 aromatic heterocycles. The third kappa shape index (κ3) is 3.49. The fourth-order valence-electron chi connectivity index (χ4n) is 5.92. The molecule has 3 aromatic carbocycles. The second-order valence-corrected chi connectivity index (χ2v) is 10.1. The average Bonchev–Trinajstić information content (AvgIpc) is 3.33. The first-order valence-corrected chi connectivity index (χ1v) is 12.7. The van der Waals surface area contributed by atoms with E-state index in [2.05, 4.69) is 4.90 Å². The van der Waals surface area contributed by atoms with Crippen LogP contribution in [0.5, 0.6) is 11.5 Å². The van der Waals surface area contributed by atoms with Gasteiger partial charge in [0.15, 0.2) is 11.6 Å². The molecule has 5 heteroatoms. The number of phenols is 1. The molecular weight excluding hydrogens is 450 g/mol. The number of hydrogen-bond donors (Lipinski definition) is 1. The van der Waals surface area contributed by atoms with Crippen molar-refractivity contribution >= 4 is 23.2 Å². The number of rotatable bonds is 5. The zero-order valence-corrected chi connectivity index (χ0v) is 20.4. The number of carbonyl (C=O) groups excluding carboxylic acids is 2. The summed E-state index contributed by atoms with van der Waals surface area (Å²) in [6, 6.07) is 18.0. The van der Waals surface area contributed by atoms with Crippen molar-refractivity contribution < 1.29 is 19.4 Å². The van der Waals surface area contributed by atoms with Crippen LogP contribution >= 0.6 is 0 Å². The number of ether oxygens (including phenoxy) is 1. The summed E-state index contributed by atoms with van der Waals surface area (Å²) >= 11 is 0. The highest BCUT2D eigenvalue weighted by Gasteiger charge is 2.59. The fourth-order valence-corrected chi connectivity index (χ4v) is 5.92. The van der Waals surface area contributed by atoms with Crippen molar-refractivity contribution in [3.63, 3.8) is 0 Å². The smallest absolute Gasteiger partial charge is 0.186 e. The van der Waals surface area contributed by atoms with Gasteiger partial charge < -0.3 is 9.84 Å². The first-order valence-electron chi connectivity index (χ1n) is 12.7. The number of aromatic hydroxyl groups is 1. The van der Waals surface area contributed by atoms with Crippen molar-refractivity contribution in [3.05, 3.63) is 94.0 Å². The molecule has 1 spiro atoms. The predicted molar refractivity (Wildman–Crippen MR) is 140 cm³/mol. The monoisotopic (exact) mass is 479 g/mol. The number of benzene rings is 3. The zero-order valence-electron chi connectivity index (χ0n) is 20.4. The van der Waals surface area contributed by atoms with Gasteiger partial charge in [0, 0.05) is 17.7 Å². The number of nitrogens with zero attached hydrogens (tertiary/aromatic N) is 1. The van der Waals surface area contributed by atoms with Crippen LogP contribution in [0.1, 0.15) is 62.2 Å². The van der Waals surface area contributed by atoms with Crippen molar-refractivity contribution in [1.82, 2.24) is 4.90 Å². The number of piperidine rings is 1. The molecule has 1 heterocycles. The van der Waals surface area contributed by atoms with Gasteiger partial charge >= 0.3 is 0 Å². The number of carbonyl (C=O) groups is 2. The normalized spacial score (nSPS) is 21.0. The Balaban J connectivity index is 1.37. The van der Waals surface area contributed by atoms with E-state index in [0.29, 0.717) is 40.2 Å². The molecule has 0 saturated carbocycles. The highest BCUT2D eigenvalue weighted by molar-refractivity contribution is 6.41. The van der Waals surface area contributed by atoms with Crippen LogP contribution in [0.25, 0.3) is 11.6 Å². The van der Waals surface area contributed by atoms with E-state index >= 15 is 0 Å². The Hall–Kier alpha value is -3.70. The number of fused-ring (bicyclic) bond motifs is 3. The topological polar surface area (TPSA) is 66.8 Å². The maximum atomic E-state index is 14.2. The van der Waals surface area contributed by atoms with Gasteiger partial charge in [-0.2, -0.15) is 0 Å². The second-order valence-electron chi connectivity index (χ2n) is 10.1. The largest absolute Gasteiger partial charge is 0.508 e. The summed E-state index contributed by atoms with van der Waals surface area (Å²) in [6.07, 6.45) is 5.63. The Kier molecular flexibility index (Phi) is 5.53. The third-order valence-electron chi connectivity index (χ3n) is 7.79. The van der Waals surface area contributed by atoms with E-state index in [-0.39, 0.29) is 17.3 Å². The highest BCUT2D eigenvalue weighted by atomic mass is 16.5. The van der Waals surface area contributed by atoms with Crippen LogP contribution in [0, 0.1) is 6.92 Å². The van der Waals surface area contributed by atoms with Gasteiger partial charge in [-0.05, 0) is 91.5 Å². The van der Waals surface area contributed by atoms with E-state index in [1.54, 1.807) is 36.4 Å². The molecule has 2 aliphatic carbocycles. The number of aryl methyl sites for hydroxylation is 1. The number of ketones is 2. The van der Waals surface area contributed by atoms with Crippen molar-refractivity contribution in [2.75, 3.05) is 26.2 Å². The third-order valence-corrected chi connectivity index (χ3v) is 7.79. The van der Waals surface area contributed by atoms with Crippen LogP contribution < -0.4 is 4.74 Å². The Morgan fingerprint density at radius 1 is 0.889 bits per heavy atom. The molecular formula is C31H29NO4. The number of allylic oxidation sites excluding steroid dienone is 1. The summed E-state index contributed by atoms with van der Waals surface area (Å²) in [5.74, 6) is 0.248. The van der Waals surface area contributed by atoms with Crippen molar-refractivity contribution in [1.29, 1.82) is 0 Å². The number of phenolic OH excluding ortho intramolecular Hbond substituents is 1. The molecule has 1 N–H and O–H groups in total. The molecule has 1 saturated heterocycles. The minimum absolute atomic E-state index is 0.102. The lowest BCUT2D eigenvalue weighted by Gasteiger charge is -2.26. The van der Waals surface area contributed by atoms with Gasteiger partial charge in [-0.3, -0.25) is 14.5 Å². The lowest BCUT2D eigenvalue weighted by Crippen LogP contribution is -2.38. The molecule has 5 nitrogen and oxygen atoms in total. The number of Topliss-reactive ketones (excluding diaryl/α,β-unsaturated/α-hetero) is 2. The van der Waals surface area contributed by atoms with Crippen LogP contribution in [0.15, 0.2) is 60.7 Å². The average molecular weight is 480 g/mol. The molecule has 3 aromatic rings. The standard InChI is InChI=1S/C31H29NO4/c1-20-5-7-21(8-6-20)28-18-22-17-23(33)9-12-27(22)31(28)29(34)25-11-10-24(19-26(25)30(31)35)36-16-15-32-13-3-2-4-14-32/h5-12,17-19,33H,2-4,13-16H2,1H3. The van der Waals surface area contributed by atoms with E-state index in [1.165, 1.54) is 19.3 Å². The van der Waals surface area contributed by atoms with Gasteiger partial charge in [0.1, 0.15) is 23.5 Å². The van der Waals surface area contributed by atoms with Crippen molar-refractivity contribution in [2.45, 2.75) is 31.6 Å². The van der Waals surface area contributed by atoms with Gasteiger partial charge in [0.05, 0.1) is 0 Å². The molecule has 6 rings (SSSR count). The SMILES string of the molecule is Cc1ccc(C2=Cc3cc(O)ccc3C23C(=O)c2ccc(OCCN4CCCCC4)cc2C3=O)cc1. The molecule has 0 amide bonds. The lowest BCUT2D eigenvalue weighted by molar-refractivity contribution is 0.0844. The Morgan fingerprint density at radius 2 is 1.64 bits per heavy atom. The first-order chi connectivity index (χ1) is 17.5. The van der Waals surface area contributed by atoms with E-state index in [1.807, 2.05) is 37.3 Å². The number of likely N-dealkylation sites (tertiary alicyclic amines) is 1. The summed E-state index contributed by atoms with van der Waals surface area (Å²) < 4.78 is 6.03. The fraction of sp³-hybridized carbons (Fsp3) is 0.290. The maximum Gasteiger partial charge on any atom is 0.186 e. The molecule has 1 atom stereocenters. The second kappa shape index (κ2) is 8.75. The molecule has 36 heavy (non-hydrogen) atoms. The molecule has 1 aliphatic heterocycles. The van der Waals surface area contributed by atoms with Crippen molar-refractivity contribution in [3.8, 4) is 11.5 Å². The van der Waals surface area contributed by atoms with Crippen LogP contribution in [0.3, 0.4) is 0 Å². The van der Waals surface area contributed by atoms with Crippen LogP contribution in [0.4, 0.5) is 0 Å². The summed E-state index contributed by atoms with van der Waals surface area (Å²) in [5, 5.41) is 10.1. The Labute approximate surface area is 211 Å². The molecule has 0 bridgehead atoms. The van der Waals surface area contributed by atoms with Crippen LogP contribution in [0.2, 0.25) is 0 Å². The van der Waals surface area contributed by atoms with Gasteiger partial charge in [0.2, 0.25) is 0 Å². The van der Waals surface area contributed by atoms with E-state index in [9.17, 15) is 14.7 Å². The Morgan fingerprint density at radius 3 is 2.42 bits per heavy atom. The quantitative estimate of drug-likeness (QED) is 0.494. The maximum absolute atomic E-state index is 14.2. The van der Waals surface area contributed by atoms with Crippen LogP contribution in [-0.4, -0.2) is 47.8 Å². The van der Waals surface area contributed by atoms with E-state index in [4.69, 9.17) is 4.74 Å². The zero-order chi connectivity index (χ0) is 24.9. The number of hydrogen-bond acceptors (Lipinski definition) is 5. The van der Waals surface area contributed by atoms with E-state index < -0.39 is 5.41 Å². The molecule has 1 unspecified atom stereocenters. The summed E-state index contributed by atoms with van der Waals surface area (Å²) in [6.45, 7) is 5.61. The molecule has 182 valence electrons. The summed E-state index contributed by atoms with van der Waals surface area (Å²) in [5.41, 5.74) is 3.25. The minimum Gasteiger partial charge on any atom is -0.508 e. The van der Waals surface area contributed by atoms with Crippen LogP contribution in [-0.2, 0) is 5.41 Å². The lowest BCUT2D eigenvalue weighted by atomic mass is 9.71. The van der Waals surface area contributed by atoms with Gasteiger partial charge in [-0.1, -0.05) is 42.3 Å². The highest BCUT2D eigenvalue weighted by Crippen LogP contribution is 2.55. The summed E-state index contributed by atoms with van der Waals surface area (Å²) in [4.78, 5) is 30.7. The summed E-state index contributed by atoms with van der Waals surface area (Å²) in [7, 11) is 0. The van der Waals surface area contributed by atoms with Gasteiger partial charge in [0.25, 0.3) is 0 Å². The minimum atomic E-state index is -1.45. The molecule has 1 fully saturated rings. The molecule has 3 aliphatic rings. The van der Waals surface area contributed by atoms with Gasteiger partial charge in [-0.15, -0.1) is 0 Å². The van der Waals surface area contributed by atoms with E-state index in [0.717, 1.165) is 30.8 Å². The van der Waals surface area contributed by atoms with Gasteiger partial charge in [-0.25, -0.2) is 0 Å². The first kappa shape index (κ1) is 22.7. The Bertz CT molecular complexity index is 1400. The predicted octanol–water partition coefficient (Wildman–Crippen LogP) is 5.44. The van der Waals surface area contributed by atoms with Crippen molar-refractivity contribution in [2.24, 2.45) is 0 Å². The molecule has 0 radical (unpaired) electrons.